The summed E-state index contributed by atoms with van der Waals surface area (Å²) in [7, 11) is 1.68. The maximum absolute atomic E-state index is 6.39. The molecule has 1 aliphatic rings. The third kappa shape index (κ3) is 5.45. The van der Waals surface area contributed by atoms with Crippen molar-refractivity contribution in [2.45, 2.75) is 26.1 Å². The SMILES string of the molecule is COCc1ccc(CN2CCOc3c(cc(-c4csc5ccccc45)cc3OCCc3ccccn3)C2)o1. The van der Waals surface area contributed by atoms with Crippen molar-refractivity contribution in [1.82, 2.24) is 9.88 Å². The number of aromatic nitrogens is 1. The number of furan rings is 1. The predicted octanol–water partition coefficient (Wildman–Crippen LogP) is 6.72. The van der Waals surface area contributed by atoms with E-state index in [1.165, 1.54) is 15.6 Å². The lowest BCUT2D eigenvalue weighted by atomic mass is 10.0. The quantitative estimate of drug-likeness (QED) is 0.213. The number of benzene rings is 2. The number of rotatable bonds is 9. The molecule has 1 aliphatic heterocycles. The van der Waals surface area contributed by atoms with Gasteiger partial charge in [0.25, 0.3) is 0 Å². The molecule has 6 rings (SSSR count). The van der Waals surface area contributed by atoms with E-state index < -0.39 is 0 Å². The Bertz CT molecular complexity index is 1510. The molecular formula is C31H30N2O4S. The highest BCUT2D eigenvalue weighted by atomic mass is 32.1. The maximum Gasteiger partial charge on any atom is 0.165 e. The van der Waals surface area contributed by atoms with Gasteiger partial charge < -0.3 is 18.6 Å². The topological polar surface area (TPSA) is 57.0 Å². The van der Waals surface area contributed by atoms with Crippen LogP contribution in [0.15, 0.2) is 82.7 Å². The molecule has 7 heteroatoms. The minimum atomic E-state index is 0.475. The van der Waals surface area contributed by atoms with Gasteiger partial charge in [-0.1, -0.05) is 24.3 Å². The highest BCUT2D eigenvalue weighted by molar-refractivity contribution is 7.17. The summed E-state index contributed by atoms with van der Waals surface area (Å²) in [5.74, 6) is 3.37. The summed E-state index contributed by atoms with van der Waals surface area (Å²) in [6, 6.07) is 22.9. The Hall–Kier alpha value is -3.65. The molecule has 0 spiro atoms. The van der Waals surface area contributed by atoms with Crippen molar-refractivity contribution in [3.63, 3.8) is 0 Å². The summed E-state index contributed by atoms with van der Waals surface area (Å²) < 4.78 is 25.2. The summed E-state index contributed by atoms with van der Waals surface area (Å²) in [5.41, 5.74) is 4.48. The molecule has 0 aliphatic carbocycles. The van der Waals surface area contributed by atoms with Crippen molar-refractivity contribution in [2.24, 2.45) is 0 Å². The van der Waals surface area contributed by atoms with E-state index in [-0.39, 0.29) is 0 Å². The van der Waals surface area contributed by atoms with Gasteiger partial charge in [0, 0.05) is 59.7 Å². The monoisotopic (exact) mass is 526 g/mol. The van der Waals surface area contributed by atoms with Crippen LogP contribution in [0.25, 0.3) is 21.2 Å². The van der Waals surface area contributed by atoms with Crippen LogP contribution >= 0.6 is 11.3 Å². The number of nitrogens with zero attached hydrogens (tertiary/aromatic N) is 2. The largest absolute Gasteiger partial charge is 0.489 e. The molecule has 4 heterocycles. The number of hydrogen-bond donors (Lipinski definition) is 0. The van der Waals surface area contributed by atoms with Crippen LogP contribution in [-0.4, -0.2) is 36.8 Å². The first kappa shape index (κ1) is 24.7. The number of thiophene rings is 1. The van der Waals surface area contributed by atoms with Crippen molar-refractivity contribution in [2.75, 3.05) is 26.9 Å². The lowest BCUT2D eigenvalue weighted by Crippen LogP contribution is -2.25. The molecule has 194 valence electrons. The van der Waals surface area contributed by atoms with Crippen molar-refractivity contribution in [3.8, 4) is 22.6 Å². The number of methoxy groups -OCH3 is 1. The van der Waals surface area contributed by atoms with Gasteiger partial charge in [0.05, 0.1) is 13.2 Å². The number of pyridine rings is 1. The Morgan fingerprint density at radius 1 is 1.03 bits per heavy atom. The summed E-state index contributed by atoms with van der Waals surface area (Å²) >= 11 is 1.77. The molecule has 0 saturated carbocycles. The van der Waals surface area contributed by atoms with Gasteiger partial charge in [-0.3, -0.25) is 9.88 Å². The molecule has 0 N–H and O–H groups in total. The second-order valence-corrected chi connectivity index (χ2v) is 10.3. The molecule has 0 bridgehead atoms. The zero-order chi connectivity index (χ0) is 25.7. The van der Waals surface area contributed by atoms with Gasteiger partial charge in [-0.15, -0.1) is 11.3 Å². The van der Waals surface area contributed by atoms with Crippen LogP contribution in [0.1, 0.15) is 22.8 Å². The van der Waals surface area contributed by atoms with Crippen molar-refractivity contribution in [3.05, 3.63) is 101 Å². The fourth-order valence-corrected chi connectivity index (χ4v) is 5.87. The van der Waals surface area contributed by atoms with E-state index in [1.54, 1.807) is 18.4 Å². The number of hydrogen-bond acceptors (Lipinski definition) is 7. The summed E-state index contributed by atoms with van der Waals surface area (Å²) in [6.45, 7) is 3.81. The van der Waals surface area contributed by atoms with Crippen molar-refractivity contribution < 1.29 is 18.6 Å². The summed E-state index contributed by atoms with van der Waals surface area (Å²) in [6.07, 6.45) is 2.55. The molecule has 0 saturated heterocycles. The zero-order valence-corrected chi connectivity index (χ0v) is 22.2. The maximum atomic E-state index is 6.39. The molecule has 0 atom stereocenters. The molecule has 0 amide bonds. The van der Waals surface area contributed by atoms with E-state index in [2.05, 4.69) is 51.7 Å². The second kappa shape index (κ2) is 11.4. The molecule has 0 radical (unpaired) electrons. The Kier molecular flexibility index (Phi) is 7.40. The first-order valence-electron chi connectivity index (χ1n) is 12.8. The van der Waals surface area contributed by atoms with Gasteiger partial charge >= 0.3 is 0 Å². The second-order valence-electron chi connectivity index (χ2n) is 9.39. The van der Waals surface area contributed by atoms with E-state index in [9.17, 15) is 0 Å². The van der Waals surface area contributed by atoms with Crippen LogP contribution in [0.2, 0.25) is 0 Å². The van der Waals surface area contributed by atoms with E-state index in [0.29, 0.717) is 26.4 Å². The fraction of sp³-hybridized carbons (Fsp3) is 0.258. The third-order valence-electron chi connectivity index (χ3n) is 6.70. The predicted molar refractivity (Wildman–Crippen MR) is 150 cm³/mol. The van der Waals surface area contributed by atoms with Crippen LogP contribution < -0.4 is 9.47 Å². The average Bonchev–Trinajstić information content (AvgIpc) is 3.51. The number of fused-ring (bicyclic) bond motifs is 2. The molecule has 3 aromatic heterocycles. The lowest BCUT2D eigenvalue weighted by Gasteiger charge is -2.19. The molecule has 2 aromatic carbocycles. The van der Waals surface area contributed by atoms with Gasteiger partial charge in [-0.2, -0.15) is 0 Å². The highest BCUT2D eigenvalue weighted by Crippen LogP contribution is 2.42. The fourth-order valence-electron chi connectivity index (χ4n) is 4.90. The van der Waals surface area contributed by atoms with E-state index in [4.69, 9.17) is 18.6 Å². The summed E-state index contributed by atoms with van der Waals surface area (Å²) in [4.78, 5) is 6.79. The molecule has 6 nitrogen and oxygen atoms in total. The van der Waals surface area contributed by atoms with Crippen LogP contribution in [0.4, 0.5) is 0 Å². The van der Waals surface area contributed by atoms with Gasteiger partial charge in [-0.05, 0) is 53.4 Å². The van der Waals surface area contributed by atoms with Crippen LogP contribution in [-0.2, 0) is 30.9 Å². The van der Waals surface area contributed by atoms with E-state index in [1.807, 2.05) is 36.5 Å². The van der Waals surface area contributed by atoms with Crippen LogP contribution in [0, 0.1) is 0 Å². The third-order valence-corrected chi connectivity index (χ3v) is 7.66. The Morgan fingerprint density at radius 3 is 2.82 bits per heavy atom. The number of ether oxygens (including phenoxy) is 3. The first-order valence-corrected chi connectivity index (χ1v) is 13.7. The van der Waals surface area contributed by atoms with Gasteiger partial charge in [0.1, 0.15) is 24.7 Å². The molecule has 0 unspecified atom stereocenters. The molecule has 0 fully saturated rings. The lowest BCUT2D eigenvalue weighted by molar-refractivity contribution is 0.157. The minimum Gasteiger partial charge on any atom is -0.489 e. The van der Waals surface area contributed by atoms with Crippen LogP contribution in [0.5, 0.6) is 11.5 Å². The molecular weight excluding hydrogens is 496 g/mol. The van der Waals surface area contributed by atoms with Gasteiger partial charge in [-0.25, -0.2) is 0 Å². The van der Waals surface area contributed by atoms with Gasteiger partial charge in [0.2, 0.25) is 0 Å². The van der Waals surface area contributed by atoms with Crippen molar-refractivity contribution >= 4 is 21.4 Å². The van der Waals surface area contributed by atoms with Crippen molar-refractivity contribution in [1.29, 1.82) is 0 Å². The zero-order valence-electron chi connectivity index (χ0n) is 21.4. The smallest absolute Gasteiger partial charge is 0.165 e. The Labute approximate surface area is 226 Å². The van der Waals surface area contributed by atoms with Gasteiger partial charge in [0.15, 0.2) is 11.5 Å². The highest BCUT2D eigenvalue weighted by Gasteiger charge is 2.22. The van der Waals surface area contributed by atoms with E-state index >= 15 is 0 Å². The van der Waals surface area contributed by atoms with E-state index in [0.717, 1.165) is 59.4 Å². The standard InChI is InChI=1S/C31H30N2O4S/c1-34-20-26-10-9-25(37-26)19-33-13-15-36-31-23(18-33)16-22(28-21-38-30-8-3-2-7-27(28)30)17-29(31)35-14-11-24-6-4-5-12-32-24/h2-10,12,16-17,21H,11,13-15,18-20H2,1H3. The Morgan fingerprint density at radius 2 is 1.92 bits per heavy atom. The normalized spacial score (nSPS) is 13.7. The Balaban J connectivity index is 1.31. The molecule has 5 aromatic rings. The molecule has 38 heavy (non-hydrogen) atoms. The van der Waals surface area contributed by atoms with Crippen LogP contribution in [0.3, 0.4) is 0 Å². The summed E-state index contributed by atoms with van der Waals surface area (Å²) in [5, 5.41) is 3.49. The average molecular weight is 527 g/mol. The first-order chi connectivity index (χ1) is 18.8. The minimum absolute atomic E-state index is 0.475.